The van der Waals surface area contributed by atoms with Crippen LogP contribution in [0.15, 0.2) is 71.5 Å². The van der Waals surface area contributed by atoms with E-state index in [1.165, 1.54) is 24.1 Å². The number of hydrogen-bond acceptors (Lipinski definition) is 7. The maximum atomic E-state index is 12.6. The van der Waals surface area contributed by atoms with Gasteiger partial charge in [0.15, 0.2) is 0 Å². The number of amidine groups is 1. The molecule has 2 aliphatic heterocycles. The molecule has 3 aromatic rings. The smallest absolute Gasteiger partial charge is 0.255 e. The average Bonchev–Trinajstić information content (AvgIpc) is 3.19. The Morgan fingerprint density at radius 3 is 2.57 bits per heavy atom. The molecule has 0 radical (unpaired) electrons. The summed E-state index contributed by atoms with van der Waals surface area (Å²) in [6.07, 6.45) is 11.9. The monoisotopic (exact) mass is 625 g/mol. The molecule has 0 saturated heterocycles. The van der Waals surface area contributed by atoms with Gasteiger partial charge in [-0.15, -0.1) is 0 Å². The second-order valence-electron chi connectivity index (χ2n) is 11.5. The number of nitrogens with two attached hydrogens (primary N) is 1. The van der Waals surface area contributed by atoms with Crippen LogP contribution in [0.25, 0.3) is 6.08 Å². The summed E-state index contributed by atoms with van der Waals surface area (Å²) in [6, 6.07) is 16.3. The minimum atomic E-state index is -0.270. The minimum absolute atomic E-state index is 0.270. The number of carbonyl (C=O) groups is 3. The van der Waals surface area contributed by atoms with E-state index in [0.717, 1.165) is 49.0 Å². The molecule has 5 N–H and O–H groups in total. The van der Waals surface area contributed by atoms with Crippen LogP contribution in [0, 0.1) is 0 Å². The van der Waals surface area contributed by atoms with Crippen molar-refractivity contribution in [3.8, 4) is 0 Å². The number of aliphatic imine (C=N–C) groups is 1. The Balaban J connectivity index is 0.000000235. The van der Waals surface area contributed by atoms with E-state index in [0.29, 0.717) is 48.2 Å². The van der Waals surface area contributed by atoms with E-state index < -0.39 is 0 Å². The summed E-state index contributed by atoms with van der Waals surface area (Å²) in [6.45, 7) is 10.5. The van der Waals surface area contributed by atoms with E-state index in [4.69, 9.17) is 5.73 Å². The normalized spacial score (nSPS) is 14.4. The van der Waals surface area contributed by atoms with Crippen LogP contribution < -0.4 is 21.7 Å². The third-order valence-corrected chi connectivity index (χ3v) is 7.30. The number of anilines is 2. The number of nitrogens with zero attached hydrogens (tertiary/aromatic N) is 3. The topological polar surface area (TPSA) is 142 Å². The fourth-order valence-electron chi connectivity index (χ4n) is 5.10. The van der Waals surface area contributed by atoms with Gasteiger partial charge in [-0.05, 0) is 74.9 Å². The zero-order valence-electron chi connectivity index (χ0n) is 27.4. The van der Waals surface area contributed by atoms with E-state index in [2.05, 4.69) is 71.0 Å². The molecule has 0 fully saturated rings. The zero-order valence-corrected chi connectivity index (χ0v) is 27.4. The van der Waals surface area contributed by atoms with Crippen LogP contribution in [0.3, 0.4) is 0 Å². The highest BCUT2D eigenvalue weighted by molar-refractivity contribution is 6.05. The Hall–Kier alpha value is -4.99. The number of fused-ring (bicyclic) bond motifs is 2. The summed E-state index contributed by atoms with van der Waals surface area (Å²) < 4.78 is 0. The minimum Gasteiger partial charge on any atom is -0.387 e. The van der Waals surface area contributed by atoms with Crippen molar-refractivity contribution in [2.75, 3.05) is 23.7 Å². The van der Waals surface area contributed by atoms with Gasteiger partial charge in [0.05, 0.1) is 17.6 Å². The van der Waals surface area contributed by atoms with Gasteiger partial charge in [-0.3, -0.25) is 19.4 Å². The third kappa shape index (κ3) is 11.5. The highest BCUT2D eigenvalue weighted by atomic mass is 16.2. The van der Waals surface area contributed by atoms with Crippen LogP contribution >= 0.6 is 0 Å². The van der Waals surface area contributed by atoms with E-state index >= 15 is 0 Å². The van der Waals surface area contributed by atoms with Crippen molar-refractivity contribution in [2.45, 2.75) is 72.4 Å². The summed E-state index contributed by atoms with van der Waals surface area (Å²) in [5, 5.41) is 8.82. The zero-order chi connectivity index (χ0) is 33.3. The summed E-state index contributed by atoms with van der Waals surface area (Å²) in [4.78, 5) is 43.4. The van der Waals surface area contributed by atoms with Gasteiger partial charge in [-0.1, -0.05) is 49.8 Å². The Bertz CT molecular complexity index is 1510. The maximum Gasteiger partial charge on any atom is 0.255 e. The lowest BCUT2D eigenvalue weighted by atomic mass is 9.99. The van der Waals surface area contributed by atoms with Gasteiger partial charge in [0.25, 0.3) is 5.91 Å². The molecule has 3 amide bonds. The number of carbonyl (C=O) groups excluding carboxylic acids is 3. The molecule has 244 valence electrons. The van der Waals surface area contributed by atoms with E-state index in [1.807, 2.05) is 19.1 Å². The lowest BCUT2D eigenvalue weighted by Crippen LogP contribution is -2.23. The largest absolute Gasteiger partial charge is 0.387 e. The standard InChI is InChI=1S/C19H19N5O2.C10H13N.C7H15NO/c1-12-4-14-2-3-15(7-17(14)24-18(20)5-12)19(26)23-16-6-13(8-21-10-16)9-22-11-25;1-8-6-7-9-4-2-3-5-10(9)11-8;1-3-5-8(7-9)6-4-2/h2-4,6-8,10-11H,5,9H2,1H3,(H2,20,24)(H,22,25)(H,23,26);2-5,8,11H,6-7H2,1H3;7H,3-6H2,1-2H3. The third-order valence-electron chi connectivity index (χ3n) is 7.30. The van der Waals surface area contributed by atoms with Crippen LogP contribution in [-0.4, -0.2) is 53.6 Å². The van der Waals surface area contributed by atoms with Gasteiger partial charge in [-0.25, -0.2) is 4.99 Å². The van der Waals surface area contributed by atoms with Crippen LogP contribution in [0.4, 0.5) is 17.1 Å². The quantitative estimate of drug-likeness (QED) is 0.201. The fraction of sp³-hybridized carbons (Fsp3) is 0.361. The molecule has 1 aromatic heterocycles. The predicted molar refractivity (Wildman–Crippen MR) is 187 cm³/mol. The maximum absolute atomic E-state index is 12.6. The van der Waals surface area contributed by atoms with Crippen molar-refractivity contribution in [3.63, 3.8) is 0 Å². The lowest BCUT2D eigenvalue weighted by Gasteiger charge is -2.23. The van der Waals surface area contributed by atoms with Crippen LogP contribution in [0.5, 0.6) is 0 Å². The van der Waals surface area contributed by atoms with E-state index in [1.54, 1.807) is 35.5 Å². The van der Waals surface area contributed by atoms with E-state index in [-0.39, 0.29) is 5.91 Å². The molecule has 10 heteroatoms. The predicted octanol–water partition coefficient (Wildman–Crippen LogP) is 6.07. The Labute approximate surface area is 272 Å². The number of hydrogen-bond donors (Lipinski definition) is 4. The molecular formula is C36H47N7O3. The number of pyridine rings is 1. The van der Waals surface area contributed by atoms with Gasteiger partial charge in [0, 0.05) is 55.1 Å². The molecule has 2 aromatic carbocycles. The van der Waals surface area contributed by atoms with Crippen LogP contribution in [0.2, 0.25) is 0 Å². The molecule has 0 aliphatic carbocycles. The molecule has 1 atom stereocenters. The summed E-state index contributed by atoms with van der Waals surface area (Å²) >= 11 is 0. The first kappa shape index (κ1) is 35.5. The van der Waals surface area contributed by atoms with Crippen LogP contribution in [0.1, 0.15) is 80.4 Å². The first-order valence-corrected chi connectivity index (χ1v) is 15.9. The molecule has 5 rings (SSSR count). The van der Waals surface area contributed by atoms with Gasteiger partial charge < -0.3 is 26.6 Å². The summed E-state index contributed by atoms with van der Waals surface area (Å²) in [5.74, 6) is 0.253. The Kier molecular flexibility index (Phi) is 14.5. The molecule has 3 heterocycles. The van der Waals surface area contributed by atoms with Crippen LogP contribution in [-0.2, 0) is 22.6 Å². The Morgan fingerprint density at radius 2 is 1.85 bits per heavy atom. The molecule has 1 unspecified atom stereocenters. The molecular weight excluding hydrogens is 578 g/mol. The highest BCUT2D eigenvalue weighted by Gasteiger charge is 2.13. The molecule has 0 saturated carbocycles. The first-order chi connectivity index (χ1) is 22.3. The van der Waals surface area contributed by atoms with Gasteiger partial charge in [-0.2, -0.15) is 0 Å². The van der Waals surface area contributed by atoms with Crippen molar-refractivity contribution in [1.29, 1.82) is 0 Å². The van der Waals surface area contributed by atoms with Gasteiger partial charge in [0.1, 0.15) is 5.84 Å². The molecule has 0 bridgehead atoms. The van der Waals surface area contributed by atoms with Gasteiger partial charge >= 0.3 is 0 Å². The van der Waals surface area contributed by atoms with Crippen molar-refractivity contribution >= 4 is 47.7 Å². The summed E-state index contributed by atoms with van der Waals surface area (Å²) in [5.41, 5.74) is 13.2. The second-order valence-corrected chi connectivity index (χ2v) is 11.5. The number of amides is 3. The summed E-state index contributed by atoms with van der Waals surface area (Å²) in [7, 11) is 0. The highest BCUT2D eigenvalue weighted by Crippen LogP contribution is 2.28. The van der Waals surface area contributed by atoms with Crippen molar-refractivity contribution in [3.05, 3.63) is 88.8 Å². The fourth-order valence-corrected chi connectivity index (χ4v) is 5.10. The van der Waals surface area contributed by atoms with Gasteiger partial charge in [0.2, 0.25) is 12.8 Å². The number of rotatable bonds is 10. The SMILES string of the molecule is CC1=Cc2ccc(C(=O)Nc3cncc(CNC=O)c3)cc2N=C(N)C1.CC1CCc2ccccc2N1.CCCN(C=O)CCC. The molecule has 2 aliphatic rings. The number of aromatic nitrogens is 1. The number of nitrogens with one attached hydrogen (secondary N) is 3. The van der Waals surface area contributed by atoms with Crippen molar-refractivity contribution in [2.24, 2.45) is 10.7 Å². The van der Waals surface area contributed by atoms with Crippen molar-refractivity contribution < 1.29 is 14.4 Å². The van der Waals surface area contributed by atoms with E-state index in [9.17, 15) is 14.4 Å². The molecule has 10 nitrogen and oxygen atoms in total. The lowest BCUT2D eigenvalue weighted by molar-refractivity contribution is -0.118. The average molecular weight is 626 g/mol. The number of para-hydroxylation sites is 1. The Morgan fingerprint density at radius 1 is 1.09 bits per heavy atom. The molecule has 0 spiro atoms. The second kappa shape index (κ2) is 18.7. The van der Waals surface area contributed by atoms with Crippen molar-refractivity contribution in [1.82, 2.24) is 15.2 Å². The first-order valence-electron chi connectivity index (χ1n) is 15.9. The number of aryl methyl sites for hydroxylation is 1. The molecule has 46 heavy (non-hydrogen) atoms. The number of benzene rings is 2.